The van der Waals surface area contributed by atoms with Gasteiger partial charge in [0.05, 0.1) is 26.9 Å². The summed E-state index contributed by atoms with van der Waals surface area (Å²) in [5.74, 6) is -4.01. The second kappa shape index (κ2) is 11.5. The van der Waals surface area contributed by atoms with Crippen LogP contribution >= 0.6 is 34.8 Å². The summed E-state index contributed by atoms with van der Waals surface area (Å²) in [6.45, 7) is 0. The van der Waals surface area contributed by atoms with Crippen LogP contribution in [0.25, 0.3) is 0 Å². The summed E-state index contributed by atoms with van der Waals surface area (Å²) in [4.78, 5) is 54.2. The zero-order valence-corrected chi connectivity index (χ0v) is 23.4. The third-order valence-corrected chi connectivity index (χ3v) is 7.96. The largest absolute Gasteiger partial charge is 0.447 e. The number of halogens is 3. The van der Waals surface area contributed by atoms with Crippen LogP contribution in [0, 0.1) is 0 Å². The number of imide groups is 1. The molecule has 1 aliphatic rings. The van der Waals surface area contributed by atoms with E-state index in [2.05, 4.69) is 0 Å². The maximum absolute atomic E-state index is 13.6. The van der Waals surface area contributed by atoms with Gasteiger partial charge in [0, 0.05) is 22.4 Å². The second-order valence-corrected chi connectivity index (χ2v) is 12.3. The van der Waals surface area contributed by atoms with Gasteiger partial charge in [-0.15, -0.1) is 0 Å². The van der Waals surface area contributed by atoms with Crippen LogP contribution in [0.3, 0.4) is 0 Å². The number of hydrogen-bond donors (Lipinski definition) is 0. The van der Waals surface area contributed by atoms with Gasteiger partial charge in [0.2, 0.25) is 5.78 Å². The van der Waals surface area contributed by atoms with Crippen molar-refractivity contribution in [1.82, 2.24) is 4.90 Å². The van der Waals surface area contributed by atoms with E-state index in [-0.39, 0.29) is 26.7 Å². The molecule has 202 valence electrons. The lowest BCUT2D eigenvalue weighted by Gasteiger charge is -2.27. The quantitative estimate of drug-likeness (QED) is 0.186. The Kier molecular flexibility index (Phi) is 8.46. The third-order valence-electron chi connectivity index (χ3n) is 6.01. The molecule has 8 nitrogen and oxygen atoms in total. The lowest BCUT2D eigenvalue weighted by Crippen LogP contribution is -2.47. The van der Waals surface area contributed by atoms with Gasteiger partial charge in [0.15, 0.2) is 6.10 Å². The van der Waals surface area contributed by atoms with Gasteiger partial charge in [0.25, 0.3) is 11.8 Å². The van der Waals surface area contributed by atoms with Gasteiger partial charge in [-0.2, -0.15) is 0 Å². The van der Waals surface area contributed by atoms with Crippen molar-refractivity contribution in [3.8, 4) is 0 Å². The minimum absolute atomic E-state index is 0.0198. The normalized spacial score (nSPS) is 14.6. The van der Waals surface area contributed by atoms with Gasteiger partial charge in [0.1, 0.15) is 15.9 Å². The van der Waals surface area contributed by atoms with Crippen LogP contribution in [-0.2, 0) is 19.4 Å². The molecule has 0 saturated carbocycles. The summed E-state index contributed by atoms with van der Waals surface area (Å²) in [6.07, 6.45) is -0.963. The van der Waals surface area contributed by atoms with Crippen LogP contribution in [-0.4, -0.2) is 54.9 Å². The zero-order valence-electron chi connectivity index (χ0n) is 20.3. The number of esters is 1. The third kappa shape index (κ3) is 6.33. The average Bonchev–Trinajstić information content (AvgIpc) is 3.12. The fraction of sp³-hybridized carbons (Fsp3) is 0.185. The lowest BCUT2D eigenvalue weighted by molar-refractivity contribution is -0.152. The fourth-order valence-corrected chi connectivity index (χ4v) is 5.18. The van der Waals surface area contributed by atoms with Crippen molar-refractivity contribution in [2.24, 2.45) is 0 Å². The molecule has 2 atom stereocenters. The maximum atomic E-state index is 13.6. The Morgan fingerprint density at radius 3 is 1.92 bits per heavy atom. The molecule has 0 saturated heterocycles. The molecular formula is C27H20Cl3NO7S. The Labute approximate surface area is 239 Å². The first kappa shape index (κ1) is 28.8. The number of Topliss-reactive ketones (excluding diaryl/α,β-unsaturated/α-hetero) is 1. The van der Waals surface area contributed by atoms with Gasteiger partial charge in [-0.25, -0.2) is 13.2 Å². The molecule has 0 bridgehead atoms. The van der Waals surface area contributed by atoms with Crippen molar-refractivity contribution in [3.63, 3.8) is 0 Å². The number of carbonyl (C=O) groups is 4. The predicted molar refractivity (Wildman–Crippen MR) is 146 cm³/mol. The summed E-state index contributed by atoms with van der Waals surface area (Å²) in [5, 5.41) is 0.434. The van der Waals surface area contributed by atoms with Crippen molar-refractivity contribution >= 4 is 68.2 Å². The average molecular weight is 609 g/mol. The van der Waals surface area contributed by atoms with Crippen molar-refractivity contribution in [2.45, 2.75) is 18.6 Å². The van der Waals surface area contributed by atoms with E-state index in [1.54, 1.807) is 30.3 Å². The fourth-order valence-electron chi connectivity index (χ4n) is 4.07. The first-order valence-corrected chi connectivity index (χ1v) is 14.7. The number of nitrogens with zero attached hydrogens (tertiary/aromatic N) is 1. The molecule has 0 aliphatic carbocycles. The number of sulfone groups is 1. The maximum Gasteiger partial charge on any atom is 0.330 e. The highest BCUT2D eigenvalue weighted by atomic mass is 35.5. The number of benzene rings is 3. The van der Waals surface area contributed by atoms with Crippen LogP contribution in [0.4, 0.5) is 0 Å². The van der Waals surface area contributed by atoms with Crippen molar-refractivity contribution < 1.29 is 32.3 Å². The first-order valence-electron chi connectivity index (χ1n) is 11.5. The minimum Gasteiger partial charge on any atom is -0.447 e. The Bertz CT molecular complexity index is 1530. The highest BCUT2D eigenvalue weighted by molar-refractivity contribution is 7.90. The highest BCUT2D eigenvalue weighted by Gasteiger charge is 2.45. The summed E-state index contributed by atoms with van der Waals surface area (Å²) in [6, 6.07) is 14.8. The second-order valence-electron chi connectivity index (χ2n) is 8.83. The van der Waals surface area contributed by atoms with Crippen molar-refractivity contribution in [1.29, 1.82) is 0 Å². The molecule has 1 aliphatic heterocycles. The Hall–Kier alpha value is -3.24. The molecule has 39 heavy (non-hydrogen) atoms. The molecular weight excluding hydrogens is 589 g/mol. The molecule has 4 rings (SSSR count). The van der Waals surface area contributed by atoms with E-state index in [4.69, 9.17) is 39.5 Å². The Morgan fingerprint density at radius 2 is 1.41 bits per heavy atom. The SMILES string of the molecule is CS(=O)(=O)CC[C@H](C(=O)O[C@@H](C(=O)c1ccc(Cl)cc1)c1ccccc1)N1C(=O)c2cc(Cl)c(Cl)cc2C1=O. The number of ketones is 1. The summed E-state index contributed by atoms with van der Waals surface area (Å²) in [7, 11) is -3.62. The van der Waals surface area contributed by atoms with Gasteiger partial charge in [-0.1, -0.05) is 65.1 Å². The van der Waals surface area contributed by atoms with Crippen LogP contribution in [0.15, 0.2) is 66.7 Å². The Morgan fingerprint density at radius 1 is 0.872 bits per heavy atom. The smallest absolute Gasteiger partial charge is 0.330 e. The van der Waals surface area contributed by atoms with E-state index in [0.29, 0.717) is 15.5 Å². The molecule has 3 aromatic carbocycles. The predicted octanol–water partition coefficient (Wildman–Crippen LogP) is 5.21. The minimum atomic E-state index is -3.62. The van der Waals surface area contributed by atoms with Gasteiger partial charge < -0.3 is 4.74 Å². The van der Waals surface area contributed by atoms with Crippen molar-refractivity contribution in [3.05, 3.63) is 104 Å². The lowest BCUT2D eigenvalue weighted by atomic mass is 9.99. The van der Waals surface area contributed by atoms with E-state index in [9.17, 15) is 27.6 Å². The number of fused-ring (bicyclic) bond motifs is 1. The summed E-state index contributed by atoms with van der Waals surface area (Å²) < 4.78 is 29.6. The molecule has 0 spiro atoms. The highest BCUT2D eigenvalue weighted by Crippen LogP contribution is 2.34. The summed E-state index contributed by atoms with van der Waals surface area (Å²) >= 11 is 18.0. The molecule has 3 aromatic rings. The number of carbonyl (C=O) groups excluding carboxylic acids is 4. The monoisotopic (exact) mass is 607 g/mol. The standard InChI is InChI=1S/C27H20Cl3NO7S/c1-39(36,37)12-11-22(31-25(33)18-13-20(29)21(30)14-19(18)26(31)34)27(35)38-24(16-5-3-2-4-6-16)23(32)15-7-9-17(28)10-8-15/h2-10,13-14,22,24H,11-12H2,1H3/t22-,24-/m1/s1. The first-order chi connectivity index (χ1) is 18.4. The number of ether oxygens (including phenoxy) is 1. The summed E-state index contributed by atoms with van der Waals surface area (Å²) in [5.41, 5.74) is 0.333. The van der Waals surface area contributed by atoms with Gasteiger partial charge in [-0.05, 0) is 42.8 Å². The van der Waals surface area contributed by atoms with E-state index in [1.165, 1.54) is 36.4 Å². The van der Waals surface area contributed by atoms with Crippen LogP contribution in [0.5, 0.6) is 0 Å². The topological polar surface area (TPSA) is 115 Å². The van der Waals surface area contributed by atoms with Gasteiger partial charge >= 0.3 is 5.97 Å². The molecule has 0 N–H and O–H groups in total. The molecule has 0 fully saturated rings. The van der Waals surface area contributed by atoms with E-state index < -0.39 is 57.7 Å². The van der Waals surface area contributed by atoms with Crippen LogP contribution in [0.2, 0.25) is 15.1 Å². The number of amides is 2. The van der Waals surface area contributed by atoms with Crippen LogP contribution < -0.4 is 0 Å². The molecule has 0 aromatic heterocycles. The van der Waals surface area contributed by atoms with Crippen LogP contribution in [0.1, 0.15) is 49.2 Å². The molecule has 2 amide bonds. The molecule has 0 unspecified atom stereocenters. The molecule has 12 heteroatoms. The van der Waals surface area contributed by atoms with Crippen molar-refractivity contribution in [2.75, 3.05) is 12.0 Å². The van der Waals surface area contributed by atoms with E-state index >= 15 is 0 Å². The zero-order chi connectivity index (χ0) is 28.5. The molecule has 0 radical (unpaired) electrons. The van der Waals surface area contributed by atoms with Gasteiger partial charge in [-0.3, -0.25) is 19.3 Å². The van der Waals surface area contributed by atoms with E-state index in [1.807, 2.05) is 0 Å². The number of rotatable bonds is 9. The van der Waals surface area contributed by atoms with E-state index in [0.717, 1.165) is 6.26 Å². The Balaban J connectivity index is 1.72. The molecule has 1 heterocycles. The number of hydrogen-bond acceptors (Lipinski definition) is 7.